The van der Waals surface area contributed by atoms with Crippen molar-refractivity contribution in [2.45, 2.75) is 47.1 Å². The Bertz CT molecular complexity index is 161. The second-order valence-electron chi connectivity index (χ2n) is 4.37. The summed E-state index contributed by atoms with van der Waals surface area (Å²) in [6.07, 6.45) is 0.853. The zero-order chi connectivity index (χ0) is 9.94. The third kappa shape index (κ3) is 2.59. The lowest BCUT2D eigenvalue weighted by atomic mass is 9.79. The second-order valence-corrected chi connectivity index (χ2v) is 4.37. The Balaban J connectivity index is 4.39. The van der Waals surface area contributed by atoms with E-state index < -0.39 is 0 Å². The summed E-state index contributed by atoms with van der Waals surface area (Å²) >= 11 is 0. The molecule has 0 bridgehead atoms. The summed E-state index contributed by atoms with van der Waals surface area (Å²) in [6.45, 7) is 9.89. The Morgan fingerprint density at radius 2 is 1.83 bits per heavy atom. The molecule has 0 spiro atoms. The fraction of sp³-hybridized carbons (Fsp3) is 0.900. The molecule has 0 saturated carbocycles. The summed E-state index contributed by atoms with van der Waals surface area (Å²) in [5, 5.41) is 0. The average Bonchev–Trinajstić information content (AvgIpc) is 2.01. The predicted molar refractivity (Wildman–Crippen MR) is 51.9 cm³/mol. The van der Waals surface area contributed by atoms with Gasteiger partial charge in [0.2, 0.25) is 0 Å². The normalized spacial score (nSPS) is 14.9. The Labute approximate surface area is 75.5 Å². The van der Waals surface area contributed by atoms with Crippen molar-refractivity contribution in [3.8, 4) is 0 Å². The number of Topliss-reactive ketones (excluding diaryl/α,β-unsaturated/α-hetero) is 1. The first-order chi connectivity index (χ1) is 5.33. The van der Waals surface area contributed by atoms with Crippen LogP contribution in [-0.4, -0.2) is 11.8 Å². The number of carbonyl (C=O) groups is 1. The van der Waals surface area contributed by atoms with E-state index in [1.807, 2.05) is 34.6 Å². The number of rotatable bonds is 4. The fourth-order valence-electron chi connectivity index (χ4n) is 0.928. The van der Waals surface area contributed by atoms with Crippen LogP contribution < -0.4 is 5.73 Å². The van der Waals surface area contributed by atoms with Gasteiger partial charge >= 0.3 is 0 Å². The average molecular weight is 171 g/mol. The first-order valence-electron chi connectivity index (χ1n) is 4.62. The second kappa shape index (κ2) is 4.04. The first-order valence-corrected chi connectivity index (χ1v) is 4.62. The fourth-order valence-corrected chi connectivity index (χ4v) is 0.928. The highest BCUT2D eigenvalue weighted by Crippen LogP contribution is 2.23. The maximum absolute atomic E-state index is 11.7. The van der Waals surface area contributed by atoms with Crippen LogP contribution in [0, 0.1) is 11.3 Å². The van der Waals surface area contributed by atoms with Crippen LogP contribution in [0.15, 0.2) is 0 Å². The molecule has 1 atom stereocenters. The van der Waals surface area contributed by atoms with Crippen LogP contribution in [0.5, 0.6) is 0 Å². The molecule has 0 saturated heterocycles. The van der Waals surface area contributed by atoms with Crippen LogP contribution in [-0.2, 0) is 4.79 Å². The number of hydrogen-bond donors (Lipinski definition) is 1. The van der Waals surface area contributed by atoms with Gasteiger partial charge in [0.05, 0.1) is 6.04 Å². The third-order valence-corrected chi connectivity index (χ3v) is 2.57. The van der Waals surface area contributed by atoms with Crippen molar-refractivity contribution in [2.75, 3.05) is 0 Å². The summed E-state index contributed by atoms with van der Waals surface area (Å²) in [5.74, 6) is 0.420. The monoisotopic (exact) mass is 171 g/mol. The van der Waals surface area contributed by atoms with Crippen molar-refractivity contribution in [1.82, 2.24) is 0 Å². The van der Waals surface area contributed by atoms with Gasteiger partial charge in [-0.1, -0.05) is 34.6 Å². The molecule has 0 aromatic carbocycles. The minimum atomic E-state index is -0.306. The molecule has 0 aromatic heterocycles. The Morgan fingerprint density at radius 3 is 2.08 bits per heavy atom. The molecule has 0 aliphatic rings. The Morgan fingerprint density at radius 1 is 1.42 bits per heavy atom. The number of nitrogens with two attached hydrogens (primary N) is 1. The molecule has 0 radical (unpaired) electrons. The standard InChI is InChI=1S/C10H21NO/c1-6-10(4,5)9(12)8(11)7(2)3/h7-8H,6,11H2,1-5H3/t8-/m0/s1. The van der Waals surface area contributed by atoms with Crippen molar-refractivity contribution in [3.05, 3.63) is 0 Å². The van der Waals surface area contributed by atoms with E-state index in [4.69, 9.17) is 5.73 Å². The van der Waals surface area contributed by atoms with Gasteiger partial charge in [0.1, 0.15) is 0 Å². The largest absolute Gasteiger partial charge is 0.321 e. The van der Waals surface area contributed by atoms with Gasteiger partial charge in [0.25, 0.3) is 0 Å². The van der Waals surface area contributed by atoms with E-state index in [9.17, 15) is 4.79 Å². The van der Waals surface area contributed by atoms with Crippen molar-refractivity contribution in [3.63, 3.8) is 0 Å². The van der Waals surface area contributed by atoms with Crippen LogP contribution in [0.2, 0.25) is 0 Å². The predicted octanol–water partition coefficient (Wildman–Crippen LogP) is 1.98. The lowest BCUT2D eigenvalue weighted by molar-refractivity contribution is -0.129. The molecule has 72 valence electrons. The molecule has 0 aromatic rings. The summed E-state index contributed by atoms with van der Waals surface area (Å²) in [4.78, 5) is 11.7. The van der Waals surface area contributed by atoms with Crippen molar-refractivity contribution in [2.24, 2.45) is 17.1 Å². The smallest absolute Gasteiger partial charge is 0.155 e. The molecule has 2 heteroatoms. The highest BCUT2D eigenvalue weighted by atomic mass is 16.1. The zero-order valence-corrected chi connectivity index (χ0v) is 8.85. The van der Waals surface area contributed by atoms with Gasteiger partial charge in [-0.2, -0.15) is 0 Å². The van der Waals surface area contributed by atoms with Crippen LogP contribution in [0.1, 0.15) is 41.0 Å². The summed E-state index contributed by atoms with van der Waals surface area (Å²) in [7, 11) is 0. The molecule has 12 heavy (non-hydrogen) atoms. The van der Waals surface area contributed by atoms with Gasteiger partial charge < -0.3 is 5.73 Å². The van der Waals surface area contributed by atoms with Crippen molar-refractivity contribution >= 4 is 5.78 Å². The molecule has 2 N–H and O–H groups in total. The first kappa shape index (κ1) is 11.6. The van der Waals surface area contributed by atoms with E-state index >= 15 is 0 Å². The quantitative estimate of drug-likeness (QED) is 0.702. The van der Waals surface area contributed by atoms with Gasteiger partial charge in [-0.05, 0) is 12.3 Å². The van der Waals surface area contributed by atoms with E-state index in [2.05, 4.69) is 0 Å². The molecule has 0 fully saturated rings. The lowest BCUT2D eigenvalue weighted by Crippen LogP contribution is -2.43. The lowest BCUT2D eigenvalue weighted by Gasteiger charge is -2.26. The minimum absolute atomic E-state index is 0.181. The SMILES string of the molecule is CCC(C)(C)C(=O)[C@@H](N)C(C)C. The molecular formula is C10H21NO. The van der Waals surface area contributed by atoms with E-state index in [0.717, 1.165) is 6.42 Å². The van der Waals surface area contributed by atoms with Crippen LogP contribution in [0.25, 0.3) is 0 Å². The molecule has 0 amide bonds. The molecular weight excluding hydrogens is 150 g/mol. The van der Waals surface area contributed by atoms with E-state index in [1.165, 1.54) is 0 Å². The molecule has 0 rings (SSSR count). The highest BCUT2D eigenvalue weighted by Gasteiger charge is 2.31. The zero-order valence-electron chi connectivity index (χ0n) is 8.85. The number of hydrogen-bond acceptors (Lipinski definition) is 2. The van der Waals surface area contributed by atoms with E-state index in [1.54, 1.807) is 0 Å². The van der Waals surface area contributed by atoms with E-state index in [-0.39, 0.29) is 23.2 Å². The topological polar surface area (TPSA) is 43.1 Å². The molecule has 0 aliphatic heterocycles. The number of carbonyl (C=O) groups excluding carboxylic acids is 1. The molecule has 0 heterocycles. The Hall–Kier alpha value is -0.370. The molecule has 0 aliphatic carbocycles. The van der Waals surface area contributed by atoms with Gasteiger partial charge in [0.15, 0.2) is 5.78 Å². The van der Waals surface area contributed by atoms with Gasteiger partial charge in [0, 0.05) is 5.41 Å². The van der Waals surface area contributed by atoms with Crippen LogP contribution in [0.3, 0.4) is 0 Å². The Kier molecular flexibility index (Phi) is 3.91. The van der Waals surface area contributed by atoms with Gasteiger partial charge in [-0.3, -0.25) is 4.79 Å². The molecule has 2 nitrogen and oxygen atoms in total. The minimum Gasteiger partial charge on any atom is -0.321 e. The van der Waals surface area contributed by atoms with E-state index in [0.29, 0.717) is 0 Å². The third-order valence-electron chi connectivity index (χ3n) is 2.57. The van der Waals surface area contributed by atoms with Gasteiger partial charge in [-0.25, -0.2) is 0 Å². The number of ketones is 1. The maximum atomic E-state index is 11.7. The van der Waals surface area contributed by atoms with Crippen LogP contribution in [0.4, 0.5) is 0 Å². The highest BCUT2D eigenvalue weighted by molar-refractivity contribution is 5.88. The van der Waals surface area contributed by atoms with Crippen molar-refractivity contribution < 1.29 is 4.79 Å². The summed E-state index contributed by atoms with van der Waals surface area (Å²) < 4.78 is 0. The summed E-state index contributed by atoms with van der Waals surface area (Å²) in [5.41, 5.74) is 5.51. The summed E-state index contributed by atoms with van der Waals surface area (Å²) in [6, 6.07) is -0.306. The van der Waals surface area contributed by atoms with Crippen molar-refractivity contribution in [1.29, 1.82) is 0 Å². The molecule has 0 unspecified atom stereocenters. The van der Waals surface area contributed by atoms with Gasteiger partial charge in [-0.15, -0.1) is 0 Å². The maximum Gasteiger partial charge on any atom is 0.155 e. The van der Waals surface area contributed by atoms with Crippen LogP contribution >= 0.6 is 0 Å².